The smallest absolute Gasteiger partial charge is 0.319 e. The van der Waals surface area contributed by atoms with Crippen LogP contribution in [0.15, 0.2) is 54.7 Å². The van der Waals surface area contributed by atoms with Gasteiger partial charge in [-0.1, -0.05) is 17.7 Å². The topological polar surface area (TPSA) is 69.8 Å². The van der Waals surface area contributed by atoms with E-state index in [0.717, 1.165) is 11.3 Å². The maximum Gasteiger partial charge on any atom is 0.319 e. The van der Waals surface area contributed by atoms with Crippen molar-refractivity contribution < 1.29 is 9.18 Å². The molecule has 0 atom stereocenters. The molecule has 5 nitrogen and oxygen atoms in total. The quantitative estimate of drug-likeness (QED) is 0.664. The van der Waals surface area contributed by atoms with Crippen molar-refractivity contribution in [3.63, 3.8) is 0 Å². The Morgan fingerprint density at radius 3 is 2.75 bits per heavy atom. The Balaban J connectivity index is 1.57. The number of amides is 2. The number of hydrogen-bond donors (Lipinski definition) is 3. The molecule has 0 aliphatic rings. The summed E-state index contributed by atoms with van der Waals surface area (Å²) in [6.45, 7) is 0.230. The molecule has 7 heteroatoms. The summed E-state index contributed by atoms with van der Waals surface area (Å²) in [5, 5.41) is 5.92. The van der Waals surface area contributed by atoms with Crippen LogP contribution in [0.25, 0.3) is 11.3 Å². The summed E-state index contributed by atoms with van der Waals surface area (Å²) in [4.78, 5) is 19.1. The van der Waals surface area contributed by atoms with E-state index in [-0.39, 0.29) is 18.4 Å². The minimum atomic E-state index is -0.364. The van der Waals surface area contributed by atoms with Gasteiger partial charge >= 0.3 is 6.03 Å². The van der Waals surface area contributed by atoms with E-state index >= 15 is 0 Å². The van der Waals surface area contributed by atoms with Crippen LogP contribution >= 0.6 is 11.6 Å². The number of nitrogens with zero attached hydrogens (tertiary/aromatic N) is 1. The molecule has 0 fully saturated rings. The van der Waals surface area contributed by atoms with Gasteiger partial charge in [0.25, 0.3) is 0 Å². The van der Waals surface area contributed by atoms with Crippen LogP contribution in [-0.4, -0.2) is 16.0 Å². The summed E-state index contributed by atoms with van der Waals surface area (Å²) in [7, 11) is 0. The van der Waals surface area contributed by atoms with Crippen molar-refractivity contribution in [3.05, 3.63) is 71.4 Å². The number of carbonyl (C=O) groups is 1. The van der Waals surface area contributed by atoms with Crippen molar-refractivity contribution in [1.82, 2.24) is 15.3 Å². The second kappa shape index (κ2) is 7.14. The van der Waals surface area contributed by atoms with E-state index in [1.165, 1.54) is 12.1 Å². The third-order valence-corrected chi connectivity index (χ3v) is 3.52. The molecular weight excluding hydrogens is 331 g/mol. The highest BCUT2D eigenvalue weighted by Crippen LogP contribution is 2.17. The lowest BCUT2D eigenvalue weighted by molar-refractivity contribution is 0.251. The predicted molar refractivity (Wildman–Crippen MR) is 91.3 cm³/mol. The van der Waals surface area contributed by atoms with Crippen LogP contribution in [-0.2, 0) is 6.54 Å². The number of urea groups is 1. The van der Waals surface area contributed by atoms with Gasteiger partial charge in [-0.25, -0.2) is 14.2 Å². The number of hydrogen-bond acceptors (Lipinski definition) is 2. The zero-order chi connectivity index (χ0) is 16.9. The molecule has 1 heterocycles. The minimum Gasteiger partial charge on any atom is -0.341 e. The fourth-order valence-corrected chi connectivity index (χ4v) is 2.32. The van der Waals surface area contributed by atoms with Gasteiger partial charge in [-0.05, 0) is 48.0 Å². The van der Waals surface area contributed by atoms with Crippen LogP contribution in [0.1, 0.15) is 5.82 Å². The zero-order valence-corrected chi connectivity index (χ0v) is 13.3. The molecule has 0 saturated carbocycles. The molecule has 2 amide bonds. The number of halogens is 2. The summed E-state index contributed by atoms with van der Waals surface area (Å²) in [5.74, 6) is 0.299. The monoisotopic (exact) mass is 344 g/mol. The number of aromatic amines is 1. The zero-order valence-electron chi connectivity index (χ0n) is 12.5. The molecule has 0 bridgehead atoms. The van der Waals surface area contributed by atoms with Crippen LogP contribution in [0.4, 0.5) is 14.9 Å². The molecule has 3 aromatic rings. The largest absolute Gasteiger partial charge is 0.341 e. The Bertz CT molecular complexity index is 848. The first kappa shape index (κ1) is 16.0. The van der Waals surface area contributed by atoms with Gasteiger partial charge in [0.15, 0.2) is 0 Å². The molecule has 1 aromatic heterocycles. The molecule has 122 valence electrons. The number of rotatable bonds is 4. The lowest BCUT2D eigenvalue weighted by Crippen LogP contribution is -2.28. The van der Waals surface area contributed by atoms with Gasteiger partial charge in [0.1, 0.15) is 11.6 Å². The van der Waals surface area contributed by atoms with E-state index < -0.39 is 0 Å². The number of benzene rings is 2. The molecule has 3 rings (SSSR count). The number of aromatic nitrogens is 2. The van der Waals surface area contributed by atoms with Crippen LogP contribution in [0.3, 0.4) is 0 Å². The second-order valence-electron chi connectivity index (χ2n) is 5.07. The number of anilines is 1. The first-order valence-corrected chi connectivity index (χ1v) is 7.58. The molecule has 0 saturated heterocycles. The average Bonchev–Trinajstić information content (AvgIpc) is 3.03. The van der Waals surface area contributed by atoms with Gasteiger partial charge in [0.05, 0.1) is 18.4 Å². The molecule has 0 aliphatic carbocycles. The highest BCUT2D eigenvalue weighted by Gasteiger charge is 2.06. The Morgan fingerprint density at radius 1 is 1.21 bits per heavy atom. The average molecular weight is 345 g/mol. The standard InChI is InChI=1S/C17H14ClFN4O/c18-12-2-1-3-14(8-12)22-17(24)21-10-16-20-9-15(23-16)11-4-6-13(19)7-5-11/h1-9H,10H2,(H,20,23)(H2,21,22,24). The highest BCUT2D eigenvalue weighted by atomic mass is 35.5. The number of carbonyl (C=O) groups excluding carboxylic acids is 1. The van der Waals surface area contributed by atoms with Crippen molar-refractivity contribution >= 4 is 23.3 Å². The summed E-state index contributed by atoms with van der Waals surface area (Å²) < 4.78 is 12.9. The maximum absolute atomic E-state index is 12.9. The van der Waals surface area contributed by atoms with Gasteiger partial charge in [-0.15, -0.1) is 0 Å². The maximum atomic E-state index is 12.9. The third kappa shape index (κ3) is 4.11. The number of H-pyrrole nitrogens is 1. The van der Waals surface area contributed by atoms with Crippen molar-refractivity contribution in [2.45, 2.75) is 6.54 Å². The summed E-state index contributed by atoms with van der Waals surface area (Å²) in [6, 6.07) is 12.6. The van der Waals surface area contributed by atoms with Gasteiger partial charge in [0, 0.05) is 10.7 Å². The van der Waals surface area contributed by atoms with E-state index in [4.69, 9.17) is 11.6 Å². The van der Waals surface area contributed by atoms with Crippen molar-refractivity contribution in [2.24, 2.45) is 0 Å². The van der Waals surface area contributed by atoms with Gasteiger partial charge in [-0.2, -0.15) is 0 Å². The first-order valence-electron chi connectivity index (χ1n) is 7.20. The Morgan fingerprint density at radius 2 is 2.00 bits per heavy atom. The lowest BCUT2D eigenvalue weighted by atomic mass is 10.2. The number of imidazole rings is 1. The molecule has 0 aliphatic heterocycles. The molecular formula is C17H14ClFN4O. The number of nitrogens with one attached hydrogen (secondary N) is 3. The van der Waals surface area contributed by atoms with Gasteiger partial charge in [-0.3, -0.25) is 0 Å². The first-order chi connectivity index (χ1) is 11.6. The second-order valence-corrected chi connectivity index (χ2v) is 5.50. The van der Waals surface area contributed by atoms with E-state index in [2.05, 4.69) is 20.6 Å². The van der Waals surface area contributed by atoms with E-state index in [1.54, 1.807) is 42.6 Å². The minimum absolute atomic E-state index is 0.230. The van der Waals surface area contributed by atoms with Crippen LogP contribution in [0, 0.1) is 5.82 Å². The molecule has 0 radical (unpaired) electrons. The van der Waals surface area contributed by atoms with Crippen molar-refractivity contribution in [3.8, 4) is 11.3 Å². The Hall–Kier alpha value is -2.86. The third-order valence-electron chi connectivity index (χ3n) is 3.28. The molecule has 2 aromatic carbocycles. The van der Waals surface area contributed by atoms with Crippen LogP contribution in [0.2, 0.25) is 5.02 Å². The van der Waals surface area contributed by atoms with E-state index in [1.807, 2.05) is 0 Å². The van der Waals surface area contributed by atoms with Crippen LogP contribution in [0.5, 0.6) is 0 Å². The van der Waals surface area contributed by atoms with E-state index in [9.17, 15) is 9.18 Å². The lowest BCUT2D eigenvalue weighted by Gasteiger charge is -2.06. The predicted octanol–water partition coefficient (Wildman–Crippen LogP) is 4.19. The molecule has 3 N–H and O–H groups in total. The van der Waals surface area contributed by atoms with Crippen LogP contribution < -0.4 is 10.6 Å². The molecule has 0 unspecified atom stereocenters. The highest BCUT2D eigenvalue weighted by molar-refractivity contribution is 6.30. The molecule has 0 spiro atoms. The summed E-state index contributed by atoms with van der Waals surface area (Å²) >= 11 is 5.86. The van der Waals surface area contributed by atoms with Crippen molar-refractivity contribution in [1.29, 1.82) is 0 Å². The van der Waals surface area contributed by atoms with Crippen molar-refractivity contribution in [2.75, 3.05) is 5.32 Å². The SMILES string of the molecule is O=C(NCc1ncc(-c2ccc(F)cc2)[nH]1)Nc1cccc(Cl)c1. The Kier molecular flexibility index (Phi) is 4.77. The fraction of sp³-hybridized carbons (Fsp3) is 0.0588. The fourth-order valence-electron chi connectivity index (χ4n) is 2.13. The Labute approximate surface area is 142 Å². The summed E-state index contributed by atoms with van der Waals surface area (Å²) in [5.41, 5.74) is 2.17. The summed E-state index contributed by atoms with van der Waals surface area (Å²) in [6.07, 6.45) is 1.64. The molecule has 24 heavy (non-hydrogen) atoms. The van der Waals surface area contributed by atoms with Gasteiger partial charge in [0.2, 0.25) is 0 Å². The van der Waals surface area contributed by atoms with E-state index in [0.29, 0.717) is 16.5 Å². The van der Waals surface area contributed by atoms with Gasteiger partial charge < -0.3 is 15.6 Å². The normalized spacial score (nSPS) is 10.4.